The molecule has 0 bridgehead atoms. The monoisotopic (exact) mass is 327 g/mol. The summed E-state index contributed by atoms with van der Waals surface area (Å²) in [6, 6.07) is 6.54. The lowest BCUT2D eigenvalue weighted by Crippen LogP contribution is -2.30. The quantitative estimate of drug-likeness (QED) is 0.872. The number of carboxylic acids is 1. The number of fused-ring (bicyclic) bond motifs is 1. The van der Waals surface area contributed by atoms with Crippen LogP contribution in [0.4, 0.5) is 0 Å². The molecular weight excluding hydrogens is 310 g/mol. The van der Waals surface area contributed by atoms with Crippen LogP contribution >= 0.6 is 0 Å². The number of amides is 2. The lowest BCUT2D eigenvalue weighted by atomic mass is 10.1. The van der Waals surface area contributed by atoms with Gasteiger partial charge < -0.3 is 5.11 Å². The molecule has 1 N–H and O–H groups in total. The zero-order chi connectivity index (χ0) is 17.6. The highest BCUT2D eigenvalue weighted by Crippen LogP contribution is 2.25. The van der Waals surface area contributed by atoms with Gasteiger partial charge in [0, 0.05) is 6.20 Å². The minimum Gasteiger partial charge on any atom is -0.478 e. The first-order valence-corrected chi connectivity index (χ1v) is 7.47. The van der Waals surface area contributed by atoms with Crippen molar-refractivity contribution < 1.29 is 19.5 Å². The van der Waals surface area contributed by atoms with E-state index in [1.54, 1.807) is 24.3 Å². The van der Waals surface area contributed by atoms with Gasteiger partial charge in [-0.2, -0.15) is 5.10 Å². The van der Waals surface area contributed by atoms with Gasteiger partial charge in [0.05, 0.1) is 28.9 Å². The topological polar surface area (TPSA) is 92.5 Å². The summed E-state index contributed by atoms with van der Waals surface area (Å²) in [5.74, 6) is -2.01. The maximum absolute atomic E-state index is 12.4. The third kappa shape index (κ3) is 2.47. The van der Waals surface area contributed by atoms with Gasteiger partial charge in [0.2, 0.25) is 0 Å². The van der Waals surface area contributed by atoms with Gasteiger partial charge in [0.15, 0.2) is 0 Å². The molecule has 0 saturated heterocycles. The molecule has 124 valence electrons. The molecule has 2 amide bonds. The van der Waals surface area contributed by atoms with E-state index in [1.165, 1.54) is 10.9 Å². The molecule has 0 unspecified atom stereocenters. The smallest absolute Gasteiger partial charge is 0.339 e. The normalized spacial score (nSPS) is 14.2. The minimum absolute atomic E-state index is 0.0125. The van der Waals surface area contributed by atoms with Crippen LogP contribution in [-0.4, -0.2) is 37.6 Å². The number of aromatic carboxylic acids is 1. The standard InChI is InChI=1S/C17H17N3O4/c1-17(2,3)20-8-12(16(23)24)13(18-20)9-19-14(21)10-6-4-5-7-11(10)15(19)22/h4-8H,9H2,1-3H3,(H,23,24). The predicted octanol–water partition coefficient (Wildman–Crippen LogP) is 2.13. The molecule has 1 aromatic carbocycles. The van der Waals surface area contributed by atoms with Gasteiger partial charge in [-0.3, -0.25) is 19.2 Å². The maximum atomic E-state index is 12.4. The third-order valence-electron chi connectivity index (χ3n) is 3.89. The summed E-state index contributed by atoms with van der Waals surface area (Å²) < 4.78 is 1.53. The lowest BCUT2D eigenvalue weighted by Gasteiger charge is -2.19. The Morgan fingerprint density at radius 1 is 1.12 bits per heavy atom. The van der Waals surface area contributed by atoms with Gasteiger partial charge in [-0.1, -0.05) is 12.1 Å². The molecule has 1 aliphatic rings. The second-order valence-electron chi connectivity index (χ2n) is 6.65. The molecule has 0 radical (unpaired) electrons. The highest BCUT2D eigenvalue weighted by Gasteiger charge is 2.36. The zero-order valence-corrected chi connectivity index (χ0v) is 13.6. The first-order valence-electron chi connectivity index (χ1n) is 7.47. The predicted molar refractivity (Wildman–Crippen MR) is 84.8 cm³/mol. The largest absolute Gasteiger partial charge is 0.478 e. The molecule has 1 aromatic heterocycles. The Labute approximate surface area is 138 Å². The summed E-state index contributed by atoms with van der Waals surface area (Å²) in [4.78, 5) is 37.3. The summed E-state index contributed by atoms with van der Waals surface area (Å²) in [5, 5.41) is 13.7. The molecule has 2 heterocycles. The fraction of sp³-hybridized carbons (Fsp3) is 0.294. The van der Waals surface area contributed by atoms with Gasteiger partial charge in [-0.25, -0.2) is 4.79 Å². The van der Waals surface area contributed by atoms with Crippen molar-refractivity contribution in [1.82, 2.24) is 14.7 Å². The van der Waals surface area contributed by atoms with Crippen molar-refractivity contribution in [2.45, 2.75) is 32.9 Å². The van der Waals surface area contributed by atoms with Crippen LogP contribution in [0.5, 0.6) is 0 Å². The molecule has 24 heavy (non-hydrogen) atoms. The van der Waals surface area contributed by atoms with E-state index in [1.807, 2.05) is 20.8 Å². The van der Waals surface area contributed by atoms with Crippen molar-refractivity contribution in [3.63, 3.8) is 0 Å². The van der Waals surface area contributed by atoms with E-state index in [0.717, 1.165) is 4.90 Å². The maximum Gasteiger partial charge on any atom is 0.339 e. The van der Waals surface area contributed by atoms with E-state index in [4.69, 9.17) is 0 Å². The van der Waals surface area contributed by atoms with Crippen LogP contribution in [0.15, 0.2) is 30.5 Å². The van der Waals surface area contributed by atoms with Gasteiger partial charge in [-0.05, 0) is 32.9 Å². The van der Waals surface area contributed by atoms with Crippen molar-refractivity contribution in [2.24, 2.45) is 0 Å². The highest BCUT2D eigenvalue weighted by atomic mass is 16.4. The fourth-order valence-electron chi connectivity index (χ4n) is 2.58. The Kier molecular flexibility index (Phi) is 3.51. The van der Waals surface area contributed by atoms with E-state index in [-0.39, 0.29) is 17.8 Å². The minimum atomic E-state index is -1.14. The average Bonchev–Trinajstić information content (AvgIpc) is 3.04. The molecule has 0 aliphatic carbocycles. The van der Waals surface area contributed by atoms with Crippen molar-refractivity contribution in [3.8, 4) is 0 Å². The second-order valence-corrected chi connectivity index (χ2v) is 6.65. The molecule has 0 saturated carbocycles. The van der Waals surface area contributed by atoms with Crippen LogP contribution in [0.25, 0.3) is 0 Å². The number of hydrogen-bond donors (Lipinski definition) is 1. The average molecular weight is 327 g/mol. The molecular formula is C17H17N3O4. The molecule has 1 aliphatic heterocycles. The van der Waals surface area contributed by atoms with Gasteiger partial charge in [0.1, 0.15) is 5.56 Å². The highest BCUT2D eigenvalue weighted by molar-refractivity contribution is 6.21. The number of nitrogens with zero attached hydrogens (tertiary/aromatic N) is 3. The fourth-order valence-corrected chi connectivity index (χ4v) is 2.58. The number of carbonyl (C=O) groups excluding carboxylic acids is 2. The molecule has 0 atom stereocenters. The summed E-state index contributed by atoms with van der Waals surface area (Å²) in [6.45, 7) is 5.49. The number of rotatable bonds is 3. The molecule has 7 heteroatoms. The summed E-state index contributed by atoms with van der Waals surface area (Å²) >= 11 is 0. The summed E-state index contributed by atoms with van der Waals surface area (Å²) in [5.41, 5.74) is 0.419. The Morgan fingerprint density at radius 3 is 2.12 bits per heavy atom. The SMILES string of the molecule is CC(C)(C)n1cc(C(=O)O)c(CN2C(=O)c3ccccc3C2=O)n1. The van der Waals surface area contributed by atoms with Crippen molar-refractivity contribution in [2.75, 3.05) is 0 Å². The van der Waals surface area contributed by atoms with Crippen LogP contribution in [0.3, 0.4) is 0 Å². The third-order valence-corrected chi connectivity index (χ3v) is 3.89. The van der Waals surface area contributed by atoms with E-state index >= 15 is 0 Å². The number of aromatic nitrogens is 2. The molecule has 0 spiro atoms. The van der Waals surface area contributed by atoms with Crippen molar-refractivity contribution in [3.05, 3.63) is 52.8 Å². The van der Waals surface area contributed by atoms with E-state index in [2.05, 4.69) is 5.10 Å². The summed E-state index contributed by atoms with van der Waals surface area (Å²) in [7, 11) is 0. The van der Waals surface area contributed by atoms with Crippen molar-refractivity contribution >= 4 is 17.8 Å². The summed E-state index contributed by atoms with van der Waals surface area (Å²) in [6.07, 6.45) is 1.43. The number of carbonyl (C=O) groups is 3. The number of benzene rings is 1. The number of carboxylic acid groups (broad SMARTS) is 1. The zero-order valence-electron chi connectivity index (χ0n) is 13.6. The van der Waals surface area contributed by atoms with Crippen LogP contribution < -0.4 is 0 Å². The first-order chi connectivity index (χ1) is 11.2. The lowest BCUT2D eigenvalue weighted by molar-refractivity contribution is 0.0626. The van der Waals surface area contributed by atoms with E-state index in [9.17, 15) is 19.5 Å². The van der Waals surface area contributed by atoms with Crippen LogP contribution in [0, 0.1) is 0 Å². The second kappa shape index (κ2) is 5.30. The molecule has 3 rings (SSSR count). The Morgan fingerprint density at radius 2 is 1.67 bits per heavy atom. The molecule has 7 nitrogen and oxygen atoms in total. The van der Waals surface area contributed by atoms with E-state index < -0.39 is 23.3 Å². The Balaban J connectivity index is 1.98. The molecule has 2 aromatic rings. The molecule has 0 fully saturated rings. The Bertz CT molecular complexity index is 826. The number of hydrogen-bond acceptors (Lipinski definition) is 4. The van der Waals surface area contributed by atoms with Crippen LogP contribution in [0.1, 0.15) is 57.5 Å². The van der Waals surface area contributed by atoms with E-state index in [0.29, 0.717) is 11.1 Å². The van der Waals surface area contributed by atoms with Crippen LogP contribution in [-0.2, 0) is 12.1 Å². The van der Waals surface area contributed by atoms with Crippen molar-refractivity contribution in [1.29, 1.82) is 0 Å². The van der Waals surface area contributed by atoms with Crippen LogP contribution in [0.2, 0.25) is 0 Å². The Hall–Kier alpha value is -2.96. The number of imide groups is 1. The van der Waals surface area contributed by atoms with Gasteiger partial charge >= 0.3 is 5.97 Å². The first kappa shape index (κ1) is 15.9. The van der Waals surface area contributed by atoms with Gasteiger partial charge in [-0.15, -0.1) is 0 Å². The van der Waals surface area contributed by atoms with Gasteiger partial charge in [0.25, 0.3) is 11.8 Å².